The molecule has 1 atom stereocenters. The van der Waals surface area contributed by atoms with E-state index in [-0.39, 0.29) is 12.3 Å². The molecule has 0 fully saturated rings. The Morgan fingerprint density at radius 1 is 1.18 bits per heavy atom. The van der Waals surface area contributed by atoms with Gasteiger partial charge in [-0.15, -0.1) is 0 Å². The molecule has 0 spiro atoms. The molecule has 34 heavy (non-hydrogen) atoms. The van der Waals surface area contributed by atoms with Crippen molar-refractivity contribution in [2.75, 3.05) is 14.2 Å². The number of carbonyl (C=O) groups is 2. The Labute approximate surface area is 202 Å². The Balaban J connectivity index is 1.65. The SMILES string of the molecule is CCC1=C(C(=O)OC)[C@@H](c2cccc(OC)c2)N2C(CC(=O)NCc3ccccn3)=CSC2=N1. The van der Waals surface area contributed by atoms with Crippen molar-refractivity contribution in [1.29, 1.82) is 0 Å². The molecule has 0 saturated carbocycles. The largest absolute Gasteiger partial charge is 0.497 e. The average molecular weight is 479 g/mol. The summed E-state index contributed by atoms with van der Waals surface area (Å²) in [5.74, 6) is 0.0886. The molecule has 2 aromatic rings. The lowest BCUT2D eigenvalue weighted by molar-refractivity contribution is -0.136. The normalized spacial score (nSPS) is 17.0. The quantitative estimate of drug-likeness (QED) is 0.575. The summed E-state index contributed by atoms with van der Waals surface area (Å²) in [4.78, 5) is 36.7. The van der Waals surface area contributed by atoms with E-state index < -0.39 is 12.0 Å². The van der Waals surface area contributed by atoms with Gasteiger partial charge in [0, 0.05) is 11.9 Å². The fourth-order valence-electron chi connectivity index (χ4n) is 3.96. The van der Waals surface area contributed by atoms with Gasteiger partial charge in [0.15, 0.2) is 5.17 Å². The Kier molecular flexibility index (Phi) is 7.32. The van der Waals surface area contributed by atoms with Crippen molar-refractivity contribution in [3.8, 4) is 5.75 Å². The van der Waals surface area contributed by atoms with Gasteiger partial charge in [-0.05, 0) is 41.7 Å². The molecule has 1 aromatic carbocycles. The smallest absolute Gasteiger partial charge is 0.338 e. The number of esters is 1. The van der Waals surface area contributed by atoms with Gasteiger partial charge in [-0.1, -0.05) is 36.9 Å². The molecular formula is C25H26N4O4S. The summed E-state index contributed by atoms with van der Waals surface area (Å²) >= 11 is 1.44. The van der Waals surface area contributed by atoms with Gasteiger partial charge in [0.25, 0.3) is 0 Å². The van der Waals surface area contributed by atoms with Crippen molar-refractivity contribution >= 4 is 28.8 Å². The zero-order chi connectivity index (χ0) is 24.1. The maximum Gasteiger partial charge on any atom is 0.338 e. The third-order valence-corrected chi connectivity index (χ3v) is 6.46. The van der Waals surface area contributed by atoms with Gasteiger partial charge in [0.05, 0.1) is 50.2 Å². The second kappa shape index (κ2) is 10.6. The van der Waals surface area contributed by atoms with Crippen LogP contribution in [-0.2, 0) is 20.9 Å². The minimum absolute atomic E-state index is 0.134. The number of carbonyl (C=O) groups excluding carboxylic acids is 2. The first-order valence-electron chi connectivity index (χ1n) is 10.9. The standard InChI is InChI=1S/C25H26N4O4S/c1-4-20-22(24(31)33-3)23(16-8-7-10-19(12-16)32-2)29-18(15-34-25(29)28-20)13-21(30)27-14-17-9-5-6-11-26-17/h5-12,15,23H,4,13-14H2,1-3H3,(H,27,30)/t23-/m1/s1. The van der Waals surface area contributed by atoms with E-state index >= 15 is 0 Å². The number of thioether (sulfide) groups is 1. The fraction of sp³-hybridized carbons (Fsp3) is 0.280. The van der Waals surface area contributed by atoms with Gasteiger partial charge in [0.2, 0.25) is 5.91 Å². The van der Waals surface area contributed by atoms with Gasteiger partial charge >= 0.3 is 5.97 Å². The Morgan fingerprint density at radius 2 is 2.03 bits per heavy atom. The van der Waals surface area contributed by atoms with E-state index in [2.05, 4.69) is 10.3 Å². The van der Waals surface area contributed by atoms with Crippen molar-refractivity contribution in [2.24, 2.45) is 4.99 Å². The number of amidine groups is 1. The van der Waals surface area contributed by atoms with Crippen LogP contribution in [0.2, 0.25) is 0 Å². The van der Waals surface area contributed by atoms with Crippen LogP contribution in [0.3, 0.4) is 0 Å². The molecule has 176 valence electrons. The van der Waals surface area contributed by atoms with E-state index in [1.54, 1.807) is 13.3 Å². The number of methoxy groups -OCH3 is 2. The number of hydrogen-bond acceptors (Lipinski definition) is 8. The predicted octanol–water partition coefficient (Wildman–Crippen LogP) is 3.93. The summed E-state index contributed by atoms with van der Waals surface area (Å²) in [6.07, 6.45) is 2.40. The van der Waals surface area contributed by atoms with Crippen LogP contribution in [0.25, 0.3) is 0 Å². The van der Waals surface area contributed by atoms with Crippen LogP contribution in [0.5, 0.6) is 5.75 Å². The molecule has 8 nitrogen and oxygen atoms in total. The van der Waals surface area contributed by atoms with E-state index in [1.165, 1.54) is 18.9 Å². The summed E-state index contributed by atoms with van der Waals surface area (Å²) in [6.45, 7) is 2.30. The molecule has 1 amide bonds. The molecule has 0 saturated heterocycles. The highest BCUT2D eigenvalue weighted by molar-refractivity contribution is 8.16. The third-order valence-electron chi connectivity index (χ3n) is 5.57. The highest BCUT2D eigenvalue weighted by Gasteiger charge is 2.41. The fourth-order valence-corrected chi connectivity index (χ4v) is 4.90. The maximum atomic E-state index is 12.9. The molecule has 2 aliphatic rings. The van der Waals surface area contributed by atoms with Crippen LogP contribution in [0.15, 0.2) is 76.0 Å². The molecule has 2 aliphatic heterocycles. The maximum absolute atomic E-state index is 12.9. The number of nitrogens with one attached hydrogen (secondary N) is 1. The Morgan fingerprint density at radius 3 is 2.74 bits per heavy atom. The molecular weight excluding hydrogens is 452 g/mol. The summed E-state index contributed by atoms with van der Waals surface area (Å²) in [7, 11) is 2.97. The molecule has 1 aromatic heterocycles. The first kappa shape index (κ1) is 23.6. The van der Waals surface area contributed by atoms with Gasteiger partial charge in [-0.25, -0.2) is 9.79 Å². The molecule has 0 aliphatic carbocycles. The first-order valence-corrected chi connectivity index (χ1v) is 11.8. The molecule has 0 bridgehead atoms. The average Bonchev–Trinajstić information content (AvgIpc) is 3.28. The topological polar surface area (TPSA) is 93.1 Å². The van der Waals surface area contributed by atoms with Crippen molar-refractivity contribution < 1.29 is 19.1 Å². The Bertz CT molecular complexity index is 1180. The predicted molar refractivity (Wildman–Crippen MR) is 131 cm³/mol. The van der Waals surface area contributed by atoms with Crippen molar-refractivity contribution in [1.82, 2.24) is 15.2 Å². The molecule has 0 unspecified atom stereocenters. The highest BCUT2D eigenvalue weighted by atomic mass is 32.2. The summed E-state index contributed by atoms with van der Waals surface area (Å²) in [5.41, 5.74) is 3.52. The number of nitrogens with zero attached hydrogens (tertiary/aromatic N) is 3. The zero-order valence-electron chi connectivity index (χ0n) is 19.3. The van der Waals surface area contributed by atoms with Crippen molar-refractivity contribution in [2.45, 2.75) is 32.4 Å². The molecule has 1 N–H and O–H groups in total. The molecule has 9 heteroatoms. The second-order valence-electron chi connectivity index (χ2n) is 7.65. The Hall–Kier alpha value is -3.59. The number of rotatable bonds is 8. The number of benzene rings is 1. The molecule has 3 heterocycles. The highest BCUT2D eigenvalue weighted by Crippen LogP contribution is 2.45. The third kappa shape index (κ3) is 4.84. The zero-order valence-corrected chi connectivity index (χ0v) is 20.1. The first-order chi connectivity index (χ1) is 16.5. The van der Waals surface area contributed by atoms with Crippen LogP contribution in [0.1, 0.15) is 37.1 Å². The minimum atomic E-state index is -0.491. The van der Waals surface area contributed by atoms with E-state index in [0.717, 1.165) is 22.1 Å². The number of allylic oxidation sites excluding steroid dienone is 1. The van der Waals surface area contributed by atoms with E-state index in [1.807, 2.05) is 59.7 Å². The summed E-state index contributed by atoms with van der Waals surface area (Å²) in [5, 5.41) is 5.56. The number of aliphatic imine (C=N–C) groups is 1. The van der Waals surface area contributed by atoms with Gasteiger partial charge in [-0.3, -0.25) is 9.78 Å². The number of fused-ring (bicyclic) bond motifs is 1. The number of aromatic nitrogens is 1. The molecule has 0 radical (unpaired) electrons. The van der Waals surface area contributed by atoms with E-state index in [4.69, 9.17) is 14.5 Å². The van der Waals surface area contributed by atoms with E-state index in [9.17, 15) is 9.59 Å². The molecule has 4 rings (SSSR count). The van der Waals surface area contributed by atoms with Crippen LogP contribution in [0.4, 0.5) is 0 Å². The van der Waals surface area contributed by atoms with Crippen molar-refractivity contribution in [3.05, 3.63) is 82.3 Å². The van der Waals surface area contributed by atoms with Crippen LogP contribution in [-0.4, -0.2) is 41.1 Å². The lowest BCUT2D eigenvalue weighted by Gasteiger charge is -2.36. The number of amides is 1. The van der Waals surface area contributed by atoms with Crippen LogP contribution in [0, 0.1) is 0 Å². The van der Waals surface area contributed by atoms with Gasteiger partial charge < -0.3 is 19.7 Å². The summed E-state index contributed by atoms with van der Waals surface area (Å²) in [6, 6.07) is 12.6. The van der Waals surface area contributed by atoms with Crippen molar-refractivity contribution in [3.63, 3.8) is 0 Å². The second-order valence-corrected chi connectivity index (χ2v) is 8.49. The number of ether oxygens (including phenoxy) is 2. The lowest BCUT2D eigenvalue weighted by Crippen LogP contribution is -2.38. The minimum Gasteiger partial charge on any atom is -0.497 e. The van der Waals surface area contributed by atoms with Gasteiger partial charge in [-0.2, -0.15) is 0 Å². The van der Waals surface area contributed by atoms with Crippen LogP contribution >= 0.6 is 11.8 Å². The van der Waals surface area contributed by atoms with Gasteiger partial charge in [0.1, 0.15) is 5.75 Å². The number of pyridine rings is 1. The monoisotopic (exact) mass is 478 g/mol. The van der Waals surface area contributed by atoms with E-state index in [0.29, 0.717) is 30.0 Å². The summed E-state index contributed by atoms with van der Waals surface area (Å²) < 4.78 is 10.6. The number of hydrogen-bond donors (Lipinski definition) is 1. The van der Waals surface area contributed by atoms with Crippen LogP contribution < -0.4 is 10.1 Å². The lowest BCUT2D eigenvalue weighted by atomic mass is 9.92.